The van der Waals surface area contributed by atoms with Gasteiger partial charge in [-0.05, 0) is 31.5 Å². The minimum Gasteiger partial charge on any atom is -0.378 e. The Labute approximate surface area is 133 Å². The van der Waals surface area contributed by atoms with Crippen LogP contribution in [0.4, 0.5) is 10.5 Å². The quantitative estimate of drug-likeness (QED) is 0.858. The molecule has 1 heterocycles. The molecule has 0 saturated carbocycles. The summed E-state index contributed by atoms with van der Waals surface area (Å²) in [4.78, 5) is 18.3. The monoisotopic (exact) mass is 305 g/mol. The maximum Gasteiger partial charge on any atom is 0.320 e. The molecular weight excluding hydrogens is 278 g/mol. The Morgan fingerprint density at radius 3 is 2.41 bits per heavy atom. The number of rotatable bonds is 4. The van der Waals surface area contributed by atoms with Gasteiger partial charge in [-0.3, -0.25) is 0 Å². The Morgan fingerprint density at radius 1 is 1.23 bits per heavy atom. The summed E-state index contributed by atoms with van der Waals surface area (Å²) in [7, 11) is 4.05. The van der Waals surface area contributed by atoms with E-state index in [0.717, 1.165) is 24.3 Å². The van der Waals surface area contributed by atoms with Gasteiger partial charge in [0, 0.05) is 39.4 Å². The molecule has 0 radical (unpaired) electrons. The number of carbonyl (C=O) groups excluding carboxylic acids is 1. The van der Waals surface area contributed by atoms with Gasteiger partial charge in [0.25, 0.3) is 0 Å². The molecule has 0 N–H and O–H groups in total. The largest absolute Gasteiger partial charge is 0.378 e. The number of hydrogen-bond acceptors (Lipinski definition) is 3. The Bertz CT molecular complexity index is 483. The smallest absolute Gasteiger partial charge is 0.320 e. The van der Waals surface area contributed by atoms with Gasteiger partial charge in [-0.25, -0.2) is 4.79 Å². The van der Waals surface area contributed by atoms with Crippen LogP contribution in [0.1, 0.15) is 25.5 Å². The van der Waals surface area contributed by atoms with E-state index in [-0.39, 0.29) is 12.1 Å². The van der Waals surface area contributed by atoms with E-state index in [0.29, 0.717) is 19.7 Å². The van der Waals surface area contributed by atoms with E-state index in [1.54, 1.807) is 0 Å². The number of benzene rings is 1. The lowest BCUT2D eigenvalue weighted by Gasteiger charge is -2.36. The van der Waals surface area contributed by atoms with Crippen LogP contribution in [-0.2, 0) is 4.74 Å². The first-order chi connectivity index (χ1) is 10.6. The SMILES string of the molecule is CCN(CC)C(=O)N1CCOC(c2ccc(N(C)C)cc2)C1. The first-order valence-electron chi connectivity index (χ1n) is 7.99. The number of anilines is 1. The van der Waals surface area contributed by atoms with Crippen molar-refractivity contribution in [2.75, 3.05) is 51.8 Å². The fourth-order valence-electron chi connectivity index (χ4n) is 2.71. The highest BCUT2D eigenvalue weighted by Crippen LogP contribution is 2.24. The summed E-state index contributed by atoms with van der Waals surface area (Å²) in [6.07, 6.45) is -0.0375. The van der Waals surface area contributed by atoms with E-state index in [9.17, 15) is 4.79 Å². The zero-order chi connectivity index (χ0) is 16.1. The van der Waals surface area contributed by atoms with Crippen molar-refractivity contribution in [2.24, 2.45) is 0 Å². The van der Waals surface area contributed by atoms with Crippen LogP contribution in [0.5, 0.6) is 0 Å². The molecule has 1 aliphatic rings. The number of carbonyl (C=O) groups is 1. The molecule has 0 bridgehead atoms. The normalized spacial score (nSPS) is 18.2. The van der Waals surface area contributed by atoms with Crippen molar-refractivity contribution in [1.29, 1.82) is 0 Å². The van der Waals surface area contributed by atoms with Crippen molar-refractivity contribution in [3.8, 4) is 0 Å². The zero-order valence-corrected chi connectivity index (χ0v) is 14.1. The zero-order valence-electron chi connectivity index (χ0n) is 14.1. The van der Waals surface area contributed by atoms with Crippen molar-refractivity contribution in [3.05, 3.63) is 29.8 Å². The van der Waals surface area contributed by atoms with E-state index >= 15 is 0 Å². The summed E-state index contributed by atoms with van der Waals surface area (Å²) in [6, 6.07) is 8.47. The third kappa shape index (κ3) is 3.71. The van der Waals surface area contributed by atoms with Crippen molar-refractivity contribution >= 4 is 11.7 Å². The lowest BCUT2D eigenvalue weighted by atomic mass is 10.1. The van der Waals surface area contributed by atoms with E-state index in [1.165, 1.54) is 0 Å². The Balaban J connectivity index is 2.05. The van der Waals surface area contributed by atoms with E-state index in [1.807, 2.05) is 37.7 Å². The van der Waals surface area contributed by atoms with Crippen molar-refractivity contribution in [2.45, 2.75) is 20.0 Å². The predicted octanol–water partition coefficient (Wildman–Crippen LogP) is 2.59. The highest BCUT2D eigenvalue weighted by molar-refractivity contribution is 5.74. The van der Waals surface area contributed by atoms with Gasteiger partial charge in [0.05, 0.1) is 13.2 Å². The Morgan fingerprint density at radius 2 is 1.86 bits per heavy atom. The maximum absolute atomic E-state index is 12.5. The maximum atomic E-state index is 12.5. The minimum absolute atomic E-state index is 0.0375. The van der Waals surface area contributed by atoms with Gasteiger partial charge in [-0.2, -0.15) is 0 Å². The molecule has 1 unspecified atom stereocenters. The number of ether oxygens (including phenoxy) is 1. The number of urea groups is 1. The molecule has 0 aromatic heterocycles. The van der Waals surface area contributed by atoms with Crippen molar-refractivity contribution in [1.82, 2.24) is 9.80 Å². The Kier molecular flexibility index (Phi) is 5.66. The third-order valence-electron chi connectivity index (χ3n) is 4.15. The molecule has 1 fully saturated rings. The second-order valence-electron chi connectivity index (χ2n) is 5.75. The second-order valence-corrected chi connectivity index (χ2v) is 5.75. The van der Waals surface area contributed by atoms with E-state index in [2.05, 4.69) is 29.2 Å². The molecule has 1 aromatic carbocycles. The molecule has 1 atom stereocenters. The average Bonchev–Trinajstić information content (AvgIpc) is 2.56. The topological polar surface area (TPSA) is 36.0 Å². The number of hydrogen-bond donors (Lipinski definition) is 0. The lowest BCUT2D eigenvalue weighted by molar-refractivity contribution is -0.0202. The molecule has 5 nitrogen and oxygen atoms in total. The van der Waals surface area contributed by atoms with Crippen molar-refractivity contribution in [3.63, 3.8) is 0 Å². The van der Waals surface area contributed by atoms with Gasteiger partial charge in [0.2, 0.25) is 0 Å². The first-order valence-corrected chi connectivity index (χ1v) is 7.99. The number of nitrogens with zero attached hydrogens (tertiary/aromatic N) is 3. The van der Waals surface area contributed by atoms with Crippen LogP contribution in [0, 0.1) is 0 Å². The van der Waals surface area contributed by atoms with Crippen LogP contribution in [0.25, 0.3) is 0 Å². The van der Waals surface area contributed by atoms with E-state index in [4.69, 9.17) is 4.74 Å². The van der Waals surface area contributed by atoms with Crippen molar-refractivity contribution < 1.29 is 9.53 Å². The summed E-state index contributed by atoms with van der Waals surface area (Å²) >= 11 is 0. The van der Waals surface area contributed by atoms with Crippen LogP contribution in [-0.4, -0.2) is 62.7 Å². The molecule has 122 valence electrons. The first kappa shape index (κ1) is 16.6. The molecule has 22 heavy (non-hydrogen) atoms. The summed E-state index contributed by atoms with van der Waals surface area (Å²) in [5, 5.41) is 0. The predicted molar refractivity (Wildman–Crippen MR) is 89.4 cm³/mol. The molecule has 5 heteroatoms. The highest BCUT2D eigenvalue weighted by Gasteiger charge is 2.27. The molecule has 2 rings (SSSR count). The van der Waals surface area contributed by atoms with Gasteiger partial charge in [-0.15, -0.1) is 0 Å². The van der Waals surface area contributed by atoms with E-state index < -0.39 is 0 Å². The molecule has 2 amide bonds. The summed E-state index contributed by atoms with van der Waals surface area (Å²) in [6.45, 7) is 7.40. The molecular formula is C17H27N3O2. The van der Waals surface area contributed by atoms with Crippen LogP contribution >= 0.6 is 0 Å². The molecule has 1 aliphatic heterocycles. The second kappa shape index (κ2) is 7.49. The Hall–Kier alpha value is -1.75. The van der Waals surface area contributed by atoms with Crippen LogP contribution < -0.4 is 4.90 Å². The number of amides is 2. The van der Waals surface area contributed by atoms with Gasteiger partial charge >= 0.3 is 6.03 Å². The summed E-state index contributed by atoms with van der Waals surface area (Å²) in [5.41, 5.74) is 2.29. The van der Waals surface area contributed by atoms with Crippen LogP contribution in [0.15, 0.2) is 24.3 Å². The molecule has 1 saturated heterocycles. The number of morpholine rings is 1. The van der Waals surface area contributed by atoms with Gasteiger partial charge in [-0.1, -0.05) is 12.1 Å². The molecule has 0 aliphatic carbocycles. The van der Waals surface area contributed by atoms with Crippen LogP contribution in [0.3, 0.4) is 0 Å². The lowest BCUT2D eigenvalue weighted by Crippen LogP contribution is -2.48. The molecule has 1 aromatic rings. The van der Waals surface area contributed by atoms with Gasteiger partial charge in [0.15, 0.2) is 0 Å². The van der Waals surface area contributed by atoms with Crippen LogP contribution in [0.2, 0.25) is 0 Å². The minimum atomic E-state index is -0.0375. The fourth-order valence-corrected chi connectivity index (χ4v) is 2.71. The fraction of sp³-hybridized carbons (Fsp3) is 0.588. The van der Waals surface area contributed by atoms with Gasteiger partial charge < -0.3 is 19.4 Å². The third-order valence-corrected chi connectivity index (χ3v) is 4.15. The molecule has 0 spiro atoms. The highest BCUT2D eigenvalue weighted by atomic mass is 16.5. The summed E-state index contributed by atoms with van der Waals surface area (Å²) < 4.78 is 5.87. The standard InChI is InChI=1S/C17H27N3O2/c1-5-19(6-2)17(21)20-11-12-22-16(13-20)14-7-9-15(10-8-14)18(3)4/h7-10,16H,5-6,11-13H2,1-4H3. The average molecular weight is 305 g/mol. The summed E-state index contributed by atoms with van der Waals surface area (Å²) in [5.74, 6) is 0. The van der Waals surface area contributed by atoms with Gasteiger partial charge in [0.1, 0.15) is 6.10 Å².